The van der Waals surface area contributed by atoms with E-state index in [0.29, 0.717) is 17.8 Å². The molecule has 2 aromatic rings. The molecule has 0 unspecified atom stereocenters. The Hall–Kier alpha value is -2.71. The molecular weight excluding hydrogens is 318 g/mol. The van der Waals surface area contributed by atoms with Crippen LogP contribution < -0.4 is 10.5 Å². The van der Waals surface area contributed by atoms with E-state index in [0.717, 1.165) is 0 Å². The molecule has 0 aliphatic heterocycles. The fourth-order valence-corrected chi connectivity index (χ4v) is 2.50. The van der Waals surface area contributed by atoms with Gasteiger partial charge in [0.1, 0.15) is 0 Å². The van der Waals surface area contributed by atoms with Crippen molar-refractivity contribution in [1.82, 2.24) is 0 Å². The second-order valence-corrected chi connectivity index (χ2v) is 6.23. The van der Waals surface area contributed by atoms with Gasteiger partial charge >= 0.3 is 0 Å². The van der Waals surface area contributed by atoms with Crippen molar-refractivity contribution in [2.45, 2.75) is 4.90 Å². The number of rotatable bonds is 6. The predicted octanol–water partition coefficient (Wildman–Crippen LogP) is 2.37. The Morgan fingerprint density at radius 2 is 1.91 bits per heavy atom. The second kappa shape index (κ2) is 7.03. The summed E-state index contributed by atoms with van der Waals surface area (Å²) in [6.07, 6.45) is 3.35. The molecule has 0 bridgehead atoms. The van der Waals surface area contributed by atoms with Gasteiger partial charge in [0.2, 0.25) is 10.0 Å². The van der Waals surface area contributed by atoms with Crippen LogP contribution >= 0.6 is 0 Å². The first-order valence-corrected chi connectivity index (χ1v) is 8.19. The molecule has 0 heterocycles. The van der Waals surface area contributed by atoms with Crippen LogP contribution in [-0.4, -0.2) is 19.9 Å². The molecule has 0 aliphatic carbocycles. The SMILES string of the molecule is NS(=O)(=O)c1cccc(NC/C=C/c2ccccc2[N+](=O)[O-])c1. The van der Waals surface area contributed by atoms with Crippen molar-refractivity contribution in [2.24, 2.45) is 5.14 Å². The van der Waals surface area contributed by atoms with Gasteiger partial charge in [-0.1, -0.05) is 30.4 Å². The van der Waals surface area contributed by atoms with E-state index in [2.05, 4.69) is 5.32 Å². The number of nitro groups is 1. The maximum atomic E-state index is 11.3. The van der Waals surface area contributed by atoms with Gasteiger partial charge in [-0.2, -0.15) is 0 Å². The standard InChI is InChI=1S/C15H15N3O4S/c16-23(21,22)14-8-3-7-13(11-14)17-10-4-6-12-5-1-2-9-15(12)18(19)20/h1-9,11,17H,10H2,(H2,16,21,22)/b6-4+. The van der Waals surface area contributed by atoms with Crippen LogP contribution in [0.25, 0.3) is 6.08 Å². The average Bonchev–Trinajstić information content (AvgIpc) is 2.51. The van der Waals surface area contributed by atoms with Crippen molar-refractivity contribution in [3.63, 3.8) is 0 Å². The van der Waals surface area contributed by atoms with E-state index >= 15 is 0 Å². The molecule has 0 fully saturated rings. The monoisotopic (exact) mass is 333 g/mol. The number of hydrogen-bond acceptors (Lipinski definition) is 5. The van der Waals surface area contributed by atoms with E-state index in [9.17, 15) is 18.5 Å². The number of sulfonamides is 1. The van der Waals surface area contributed by atoms with Crippen LogP contribution in [0.15, 0.2) is 59.5 Å². The highest BCUT2D eigenvalue weighted by molar-refractivity contribution is 7.89. The highest BCUT2D eigenvalue weighted by atomic mass is 32.2. The number of nitrogens with two attached hydrogens (primary N) is 1. The van der Waals surface area contributed by atoms with Gasteiger partial charge in [-0.3, -0.25) is 10.1 Å². The average molecular weight is 333 g/mol. The smallest absolute Gasteiger partial charge is 0.276 e. The summed E-state index contributed by atoms with van der Waals surface area (Å²) in [6, 6.07) is 12.5. The molecule has 2 aromatic carbocycles. The van der Waals surface area contributed by atoms with Crippen LogP contribution in [0.5, 0.6) is 0 Å². The van der Waals surface area contributed by atoms with Crippen LogP contribution in [0.3, 0.4) is 0 Å². The first-order chi connectivity index (χ1) is 10.9. The van der Waals surface area contributed by atoms with Crippen LogP contribution in [0.4, 0.5) is 11.4 Å². The summed E-state index contributed by atoms with van der Waals surface area (Å²) in [5.74, 6) is 0. The van der Waals surface area contributed by atoms with Gasteiger partial charge in [0.15, 0.2) is 0 Å². The minimum atomic E-state index is -3.75. The third-order valence-electron chi connectivity index (χ3n) is 3.02. The van der Waals surface area contributed by atoms with Crippen LogP contribution in [0.1, 0.15) is 5.56 Å². The van der Waals surface area contributed by atoms with E-state index in [-0.39, 0.29) is 10.6 Å². The minimum absolute atomic E-state index is 0.0187. The lowest BCUT2D eigenvalue weighted by atomic mass is 10.1. The summed E-state index contributed by atoms with van der Waals surface area (Å²) in [7, 11) is -3.75. The molecule has 23 heavy (non-hydrogen) atoms. The molecule has 0 aromatic heterocycles. The normalized spacial score (nSPS) is 11.5. The molecule has 0 saturated carbocycles. The number of para-hydroxylation sites is 1. The number of primary sulfonamides is 1. The number of hydrogen-bond donors (Lipinski definition) is 2. The fraction of sp³-hybridized carbons (Fsp3) is 0.0667. The summed E-state index contributed by atoms with van der Waals surface area (Å²) in [5, 5.41) is 19.0. The maximum absolute atomic E-state index is 11.3. The molecule has 0 atom stereocenters. The fourth-order valence-electron chi connectivity index (χ4n) is 1.94. The zero-order chi connectivity index (χ0) is 16.9. The highest BCUT2D eigenvalue weighted by Gasteiger charge is 2.09. The Morgan fingerprint density at radius 3 is 2.61 bits per heavy atom. The second-order valence-electron chi connectivity index (χ2n) is 4.67. The summed E-state index contributed by atoms with van der Waals surface area (Å²) in [5.41, 5.74) is 1.11. The number of nitro benzene ring substituents is 1. The number of benzene rings is 2. The third-order valence-corrected chi connectivity index (χ3v) is 3.93. The summed E-state index contributed by atoms with van der Waals surface area (Å²) in [4.78, 5) is 10.5. The molecule has 120 valence electrons. The van der Waals surface area contributed by atoms with Gasteiger partial charge in [0, 0.05) is 18.3 Å². The molecule has 2 rings (SSSR count). The Balaban J connectivity index is 2.05. The number of nitrogens with one attached hydrogen (secondary N) is 1. The van der Waals surface area contributed by atoms with Crippen LogP contribution in [0.2, 0.25) is 0 Å². The van der Waals surface area contributed by atoms with Crippen molar-refractivity contribution in [3.05, 3.63) is 70.3 Å². The van der Waals surface area contributed by atoms with Gasteiger partial charge in [0.05, 0.1) is 15.4 Å². The van der Waals surface area contributed by atoms with Crippen LogP contribution in [0, 0.1) is 10.1 Å². The number of nitrogens with zero attached hydrogens (tertiary/aromatic N) is 1. The van der Waals surface area contributed by atoms with Gasteiger partial charge in [0.25, 0.3) is 5.69 Å². The van der Waals surface area contributed by atoms with Crippen molar-refractivity contribution < 1.29 is 13.3 Å². The first-order valence-electron chi connectivity index (χ1n) is 6.64. The largest absolute Gasteiger partial charge is 0.382 e. The van der Waals surface area contributed by atoms with E-state index in [1.807, 2.05) is 0 Å². The molecular formula is C15H15N3O4S. The molecule has 3 N–H and O–H groups in total. The van der Waals surface area contributed by atoms with Gasteiger partial charge in [-0.25, -0.2) is 13.6 Å². The molecule has 0 aliphatic rings. The zero-order valence-corrected chi connectivity index (χ0v) is 12.9. The van der Waals surface area contributed by atoms with E-state index < -0.39 is 14.9 Å². The third kappa shape index (κ3) is 4.63. The van der Waals surface area contributed by atoms with Crippen molar-refractivity contribution >= 4 is 27.5 Å². The molecule has 8 heteroatoms. The lowest BCUT2D eigenvalue weighted by molar-refractivity contribution is -0.385. The van der Waals surface area contributed by atoms with E-state index in [1.165, 1.54) is 18.2 Å². The molecule has 7 nitrogen and oxygen atoms in total. The Morgan fingerprint density at radius 1 is 1.17 bits per heavy atom. The molecule has 0 amide bonds. The molecule has 0 spiro atoms. The topological polar surface area (TPSA) is 115 Å². The highest BCUT2D eigenvalue weighted by Crippen LogP contribution is 2.19. The Labute approximate surface area is 133 Å². The number of anilines is 1. The minimum Gasteiger partial charge on any atom is -0.382 e. The maximum Gasteiger partial charge on any atom is 0.276 e. The van der Waals surface area contributed by atoms with E-state index in [4.69, 9.17) is 5.14 Å². The van der Waals surface area contributed by atoms with Crippen molar-refractivity contribution in [2.75, 3.05) is 11.9 Å². The van der Waals surface area contributed by atoms with Crippen LogP contribution in [-0.2, 0) is 10.0 Å². The van der Waals surface area contributed by atoms with E-state index in [1.54, 1.807) is 42.5 Å². The summed E-state index contributed by atoms with van der Waals surface area (Å²) < 4.78 is 22.5. The van der Waals surface area contributed by atoms with Crippen molar-refractivity contribution in [1.29, 1.82) is 0 Å². The Kier molecular flexibility index (Phi) is 5.09. The predicted molar refractivity (Wildman–Crippen MR) is 88.4 cm³/mol. The lowest BCUT2D eigenvalue weighted by Gasteiger charge is -2.05. The summed E-state index contributed by atoms with van der Waals surface area (Å²) in [6.45, 7) is 0.375. The van der Waals surface area contributed by atoms with Gasteiger partial charge in [-0.05, 0) is 24.3 Å². The van der Waals surface area contributed by atoms with Gasteiger partial charge < -0.3 is 5.32 Å². The Bertz CT molecular complexity index is 847. The summed E-state index contributed by atoms with van der Waals surface area (Å²) >= 11 is 0. The first kappa shape index (κ1) is 16.7. The van der Waals surface area contributed by atoms with Gasteiger partial charge in [-0.15, -0.1) is 0 Å². The van der Waals surface area contributed by atoms with Crippen molar-refractivity contribution in [3.8, 4) is 0 Å². The lowest BCUT2D eigenvalue weighted by Crippen LogP contribution is -2.12. The zero-order valence-electron chi connectivity index (χ0n) is 12.0. The quantitative estimate of drug-likeness (QED) is 0.622. The molecule has 0 radical (unpaired) electrons. The molecule has 0 saturated heterocycles.